The Balaban J connectivity index is 1.68. The van der Waals surface area contributed by atoms with Crippen molar-refractivity contribution in [1.82, 2.24) is 14.5 Å². The zero-order chi connectivity index (χ0) is 27.8. The van der Waals surface area contributed by atoms with Crippen LogP contribution in [0.2, 0.25) is 0 Å². The van der Waals surface area contributed by atoms with E-state index in [2.05, 4.69) is 4.98 Å². The number of esters is 1. The summed E-state index contributed by atoms with van der Waals surface area (Å²) in [4.78, 5) is 18.9. The van der Waals surface area contributed by atoms with E-state index in [1.165, 1.54) is 6.42 Å². The molecule has 0 saturated heterocycles. The molecular weight excluding hydrogens is 503 g/mol. The first-order valence-electron chi connectivity index (χ1n) is 13.9. The minimum Gasteiger partial charge on any atom is -0.446 e. The van der Waals surface area contributed by atoms with Gasteiger partial charge in [-0.1, -0.05) is 81.1 Å². The predicted octanol–water partition coefficient (Wildman–Crippen LogP) is 7.87. The minimum absolute atomic E-state index is 0.00402. The van der Waals surface area contributed by atoms with E-state index in [1.807, 2.05) is 49.1 Å². The molecule has 2 aromatic carbocycles. The third-order valence-corrected chi connectivity index (χ3v) is 7.47. The number of ether oxygens (including phenoxy) is 1. The number of unbranched alkanes of at least 4 members (excludes halogenated alkanes) is 1. The number of imidazole rings is 1. The van der Waals surface area contributed by atoms with Gasteiger partial charge in [0.1, 0.15) is 12.6 Å². The van der Waals surface area contributed by atoms with E-state index in [-0.39, 0.29) is 19.0 Å². The molecule has 4 rings (SSSR count). The highest BCUT2D eigenvalue weighted by Gasteiger charge is 2.39. The fourth-order valence-corrected chi connectivity index (χ4v) is 5.38. The molecule has 0 amide bonds. The van der Waals surface area contributed by atoms with Crippen LogP contribution in [0.25, 0.3) is 11.4 Å². The van der Waals surface area contributed by atoms with E-state index in [0.717, 1.165) is 44.1 Å². The molecule has 0 unspecified atom stereocenters. The molecule has 1 aromatic heterocycles. The van der Waals surface area contributed by atoms with Crippen molar-refractivity contribution in [3.63, 3.8) is 0 Å². The number of carbonyl (C=O) groups excluding carboxylic acids is 1. The molecule has 0 N–H and O–H groups in total. The quantitative estimate of drug-likeness (QED) is 0.183. The smallest absolute Gasteiger partial charge is 0.435 e. The molecule has 0 radical (unpaired) electrons. The molecule has 39 heavy (non-hydrogen) atoms. The lowest BCUT2D eigenvalue weighted by atomic mass is 9.89. The summed E-state index contributed by atoms with van der Waals surface area (Å²) >= 11 is 0. The average molecular weight is 542 g/mol. The Morgan fingerprint density at radius 2 is 1.74 bits per heavy atom. The zero-order valence-corrected chi connectivity index (χ0v) is 22.8. The Bertz CT molecular complexity index is 1220. The number of hydrogen-bond donors (Lipinski definition) is 0. The third-order valence-electron chi connectivity index (χ3n) is 7.47. The van der Waals surface area contributed by atoms with Crippen molar-refractivity contribution in [2.24, 2.45) is 5.92 Å². The van der Waals surface area contributed by atoms with Gasteiger partial charge in [0.05, 0.1) is 11.3 Å². The van der Waals surface area contributed by atoms with E-state index in [0.29, 0.717) is 36.0 Å². The van der Waals surface area contributed by atoms with Gasteiger partial charge in [-0.3, -0.25) is 4.90 Å². The zero-order valence-electron chi connectivity index (χ0n) is 22.8. The Morgan fingerprint density at radius 1 is 1.05 bits per heavy atom. The van der Waals surface area contributed by atoms with Gasteiger partial charge in [0, 0.05) is 25.2 Å². The summed E-state index contributed by atoms with van der Waals surface area (Å²) in [5.74, 6) is 0.203. The topological polar surface area (TPSA) is 47.4 Å². The van der Waals surface area contributed by atoms with Crippen LogP contribution in [0.15, 0.2) is 54.6 Å². The number of alkyl halides is 3. The summed E-state index contributed by atoms with van der Waals surface area (Å²) in [6, 6.07) is 16.2. The van der Waals surface area contributed by atoms with Gasteiger partial charge in [0.25, 0.3) is 0 Å². The van der Waals surface area contributed by atoms with Crippen molar-refractivity contribution in [2.75, 3.05) is 13.3 Å². The normalized spacial score (nSPS) is 14.6. The van der Waals surface area contributed by atoms with Crippen molar-refractivity contribution < 1.29 is 22.7 Å². The molecule has 0 spiro atoms. The molecule has 210 valence electrons. The number of carbonyl (C=O) groups is 1. The average Bonchev–Trinajstić information content (AvgIpc) is 3.30. The Kier molecular flexibility index (Phi) is 9.83. The van der Waals surface area contributed by atoms with Crippen LogP contribution in [0.4, 0.5) is 13.2 Å². The standard InChI is InChI=1S/C31H38F3N3O2/c1-3-4-19-37-27(28(31(32,33)34)35-29(37)25-16-9-6-10-17-25)21-36(20-24-14-7-5-8-15-24)22-39-30(38)26-18-12-11-13-23(26)2/h6,9-13,16-18,24H,3-5,7-8,14-15,19-22H2,1-2H3. The van der Waals surface area contributed by atoms with Gasteiger partial charge < -0.3 is 9.30 Å². The van der Waals surface area contributed by atoms with Crippen molar-refractivity contribution in [3.8, 4) is 11.4 Å². The minimum atomic E-state index is -4.61. The van der Waals surface area contributed by atoms with Crippen LogP contribution >= 0.6 is 0 Å². The third kappa shape index (κ3) is 7.50. The second-order valence-electron chi connectivity index (χ2n) is 10.5. The number of hydrogen-bond acceptors (Lipinski definition) is 4. The van der Waals surface area contributed by atoms with Crippen LogP contribution < -0.4 is 0 Å². The summed E-state index contributed by atoms with van der Waals surface area (Å²) in [7, 11) is 0. The lowest BCUT2D eigenvalue weighted by molar-refractivity contribution is -0.142. The summed E-state index contributed by atoms with van der Waals surface area (Å²) in [6.07, 6.45) is 2.42. The maximum Gasteiger partial charge on any atom is 0.435 e. The first-order chi connectivity index (χ1) is 18.8. The summed E-state index contributed by atoms with van der Waals surface area (Å²) in [6.45, 7) is 4.77. The van der Waals surface area contributed by atoms with Gasteiger partial charge in [0.2, 0.25) is 0 Å². The number of halogens is 3. The first kappa shape index (κ1) is 28.9. The molecule has 8 heteroatoms. The summed E-state index contributed by atoms with van der Waals surface area (Å²) < 4.78 is 50.6. The molecule has 1 heterocycles. The second kappa shape index (κ2) is 13.3. The molecule has 3 aromatic rings. The van der Waals surface area contributed by atoms with Crippen molar-refractivity contribution in [2.45, 2.75) is 78.1 Å². The van der Waals surface area contributed by atoms with E-state index in [9.17, 15) is 18.0 Å². The first-order valence-corrected chi connectivity index (χ1v) is 13.9. The van der Waals surface area contributed by atoms with E-state index >= 15 is 0 Å². The van der Waals surface area contributed by atoms with Crippen molar-refractivity contribution >= 4 is 5.97 Å². The number of aromatic nitrogens is 2. The molecule has 1 saturated carbocycles. The van der Waals surface area contributed by atoms with E-state index in [4.69, 9.17) is 4.74 Å². The Morgan fingerprint density at radius 3 is 2.41 bits per heavy atom. The number of benzene rings is 2. The maximum atomic E-state index is 14.4. The molecule has 0 atom stereocenters. The lowest BCUT2D eigenvalue weighted by Gasteiger charge is -2.30. The Hall–Kier alpha value is -3.13. The van der Waals surface area contributed by atoms with Crippen LogP contribution in [0.5, 0.6) is 0 Å². The van der Waals surface area contributed by atoms with Crippen molar-refractivity contribution in [3.05, 3.63) is 77.1 Å². The highest BCUT2D eigenvalue weighted by Crippen LogP contribution is 2.36. The molecule has 1 aliphatic carbocycles. The van der Waals surface area contributed by atoms with Crippen LogP contribution in [-0.2, 0) is 24.0 Å². The van der Waals surface area contributed by atoms with Crippen LogP contribution in [-0.4, -0.2) is 33.7 Å². The highest BCUT2D eigenvalue weighted by atomic mass is 19.4. The maximum absolute atomic E-state index is 14.4. The molecule has 0 bridgehead atoms. The molecule has 1 aliphatic rings. The van der Waals surface area contributed by atoms with E-state index < -0.39 is 17.8 Å². The largest absolute Gasteiger partial charge is 0.446 e. The molecule has 5 nitrogen and oxygen atoms in total. The fourth-order valence-electron chi connectivity index (χ4n) is 5.38. The monoisotopic (exact) mass is 541 g/mol. The molecule has 1 fully saturated rings. The van der Waals surface area contributed by atoms with Gasteiger partial charge >= 0.3 is 12.1 Å². The fraction of sp³-hybridized carbons (Fsp3) is 0.484. The highest BCUT2D eigenvalue weighted by molar-refractivity contribution is 5.90. The lowest BCUT2D eigenvalue weighted by Crippen LogP contribution is -2.34. The summed E-state index contributed by atoms with van der Waals surface area (Å²) in [5, 5.41) is 0. The number of nitrogens with zero attached hydrogens (tertiary/aromatic N) is 3. The van der Waals surface area contributed by atoms with Gasteiger partial charge in [-0.05, 0) is 43.7 Å². The van der Waals surface area contributed by atoms with Crippen molar-refractivity contribution in [1.29, 1.82) is 0 Å². The number of aryl methyl sites for hydroxylation is 1. The SMILES string of the molecule is CCCCn1c(-c2ccccc2)nc(C(F)(F)F)c1CN(COC(=O)c1ccccc1C)CC1CCCCC1. The van der Waals surface area contributed by atoms with Crippen LogP contribution in [0, 0.1) is 12.8 Å². The Labute approximate surface area is 229 Å². The van der Waals surface area contributed by atoms with Gasteiger partial charge in [-0.15, -0.1) is 0 Å². The van der Waals surface area contributed by atoms with Gasteiger partial charge in [-0.25, -0.2) is 9.78 Å². The molecule has 0 aliphatic heterocycles. The van der Waals surface area contributed by atoms with Crippen LogP contribution in [0.1, 0.15) is 79.2 Å². The van der Waals surface area contributed by atoms with Gasteiger partial charge in [0.15, 0.2) is 5.69 Å². The van der Waals surface area contributed by atoms with Crippen LogP contribution in [0.3, 0.4) is 0 Å². The molecular formula is C31H38F3N3O2. The predicted molar refractivity (Wildman–Crippen MR) is 146 cm³/mol. The summed E-state index contributed by atoms with van der Waals surface area (Å²) in [5.41, 5.74) is 1.17. The second-order valence-corrected chi connectivity index (χ2v) is 10.5. The van der Waals surface area contributed by atoms with E-state index in [1.54, 1.807) is 28.8 Å². The number of rotatable bonds is 11. The van der Waals surface area contributed by atoms with Gasteiger partial charge in [-0.2, -0.15) is 13.2 Å².